The van der Waals surface area contributed by atoms with Crippen molar-refractivity contribution >= 4 is 43.6 Å². The van der Waals surface area contributed by atoms with Crippen molar-refractivity contribution in [3.05, 3.63) is 98.9 Å². The van der Waals surface area contributed by atoms with Crippen molar-refractivity contribution in [3.8, 4) is 0 Å². The van der Waals surface area contributed by atoms with Crippen molar-refractivity contribution in [2.45, 2.75) is 10.1 Å². The zero-order valence-electron chi connectivity index (χ0n) is 11.7. The Balaban J connectivity index is 1.96. The molecule has 0 nitrogen and oxygen atoms in total. The zero-order valence-corrected chi connectivity index (χ0v) is 15.7. The van der Waals surface area contributed by atoms with Crippen LogP contribution in [0.5, 0.6) is 0 Å². The minimum absolute atomic E-state index is 0.287. The van der Waals surface area contributed by atoms with Gasteiger partial charge >= 0.3 is 0 Å². The Hall–Kier alpha value is -1.03. The molecule has 0 radical (unpaired) electrons. The highest BCUT2D eigenvalue weighted by molar-refractivity contribution is 9.10. The molecule has 110 valence electrons. The lowest BCUT2D eigenvalue weighted by atomic mass is 10.0. The van der Waals surface area contributed by atoms with E-state index in [0.29, 0.717) is 0 Å². The molecule has 0 amide bonds. The third-order valence-electron chi connectivity index (χ3n) is 3.34. The van der Waals surface area contributed by atoms with E-state index in [9.17, 15) is 0 Å². The lowest BCUT2D eigenvalue weighted by Gasteiger charge is -2.18. The molecule has 0 bridgehead atoms. The quantitative estimate of drug-likeness (QED) is 0.395. The molecule has 0 saturated carbocycles. The highest BCUT2D eigenvalue weighted by atomic mass is 79.9. The second-order valence-electron chi connectivity index (χ2n) is 4.91. The molecular formula is C19H14Br2S. The van der Waals surface area contributed by atoms with Crippen molar-refractivity contribution < 1.29 is 0 Å². The summed E-state index contributed by atoms with van der Waals surface area (Å²) >= 11 is 8.88. The molecule has 0 aliphatic carbocycles. The van der Waals surface area contributed by atoms with Gasteiger partial charge in [-0.2, -0.15) is 0 Å². The molecule has 0 N–H and O–H groups in total. The molecule has 0 fully saturated rings. The molecule has 1 atom stereocenters. The average molecular weight is 434 g/mol. The molecule has 0 aliphatic heterocycles. The second-order valence-corrected chi connectivity index (χ2v) is 7.92. The molecule has 0 heterocycles. The highest BCUT2D eigenvalue weighted by Crippen LogP contribution is 2.40. The van der Waals surface area contributed by atoms with Crippen LogP contribution in [0.1, 0.15) is 16.4 Å². The first-order valence-corrected chi connectivity index (χ1v) is 9.41. The van der Waals surface area contributed by atoms with E-state index in [-0.39, 0.29) is 5.25 Å². The summed E-state index contributed by atoms with van der Waals surface area (Å²) in [6.45, 7) is 0. The smallest absolute Gasteiger partial charge is 0.0593 e. The minimum atomic E-state index is 0.287. The summed E-state index contributed by atoms with van der Waals surface area (Å²) < 4.78 is 2.22. The Kier molecular flexibility index (Phi) is 5.40. The van der Waals surface area contributed by atoms with Gasteiger partial charge in [-0.1, -0.05) is 74.3 Å². The molecular weight excluding hydrogens is 420 g/mol. The fourth-order valence-corrected chi connectivity index (χ4v) is 3.92. The van der Waals surface area contributed by atoms with Crippen LogP contribution in [0.4, 0.5) is 0 Å². The van der Waals surface area contributed by atoms with Gasteiger partial charge in [-0.25, -0.2) is 0 Å². The lowest BCUT2D eigenvalue weighted by Crippen LogP contribution is -1.96. The third-order valence-corrected chi connectivity index (χ3v) is 5.72. The summed E-state index contributed by atoms with van der Waals surface area (Å²) in [5.74, 6) is 0. The van der Waals surface area contributed by atoms with Gasteiger partial charge in [-0.15, -0.1) is 11.8 Å². The summed E-state index contributed by atoms with van der Waals surface area (Å²) in [6, 6.07) is 27.7. The first kappa shape index (κ1) is 15.9. The monoisotopic (exact) mass is 432 g/mol. The molecule has 0 spiro atoms. The molecule has 0 saturated heterocycles. The van der Waals surface area contributed by atoms with Crippen LogP contribution in [0.2, 0.25) is 0 Å². The van der Waals surface area contributed by atoms with Crippen molar-refractivity contribution in [2.75, 3.05) is 0 Å². The Bertz CT molecular complexity index is 722. The number of hydrogen-bond donors (Lipinski definition) is 0. The van der Waals surface area contributed by atoms with Gasteiger partial charge in [0.25, 0.3) is 0 Å². The fraction of sp³-hybridized carbons (Fsp3) is 0.0526. The number of rotatable bonds is 4. The number of hydrogen-bond acceptors (Lipinski definition) is 1. The molecule has 0 unspecified atom stereocenters. The predicted octanol–water partition coefficient (Wildman–Crippen LogP) is 7.09. The average Bonchev–Trinajstić information content (AvgIpc) is 2.56. The van der Waals surface area contributed by atoms with Gasteiger partial charge < -0.3 is 0 Å². The molecule has 3 aromatic carbocycles. The Morgan fingerprint density at radius 3 is 1.68 bits per heavy atom. The van der Waals surface area contributed by atoms with Gasteiger partial charge in [-0.3, -0.25) is 0 Å². The van der Waals surface area contributed by atoms with E-state index in [0.717, 1.165) is 8.95 Å². The van der Waals surface area contributed by atoms with Crippen LogP contribution in [0.3, 0.4) is 0 Å². The SMILES string of the molecule is Brc1ccc(S[C@H](c2ccccc2)c2ccc(Br)cc2)cc1. The molecule has 22 heavy (non-hydrogen) atoms. The largest absolute Gasteiger partial charge is 0.113 e. The Labute approximate surface area is 152 Å². The van der Waals surface area contributed by atoms with Crippen molar-refractivity contribution in [1.29, 1.82) is 0 Å². The first-order valence-electron chi connectivity index (χ1n) is 6.95. The summed E-state index contributed by atoms with van der Waals surface area (Å²) in [6.07, 6.45) is 0. The van der Waals surface area contributed by atoms with E-state index in [1.54, 1.807) is 0 Å². The zero-order chi connectivity index (χ0) is 15.4. The van der Waals surface area contributed by atoms with Crippen LogP contribution in [-0.4, -0.2) is 0 Å². The first-order chi connectivity index (χ1) is 10.7. The lowest BCUT2D eigenvalue weighted by molar-refractivity contribution is 1.15. The van der Waals surface area contributed by atoms with Crippen LogP contribution in [0.15, 0.2) is 92.7 Å². The van der Waals surface area contributed by atoms with Crippen LogP contribution >= 0.6 is 43.6 Å². The number of thioether (sulfide) groups is 1. The van der Waals surface area contributed by atoms with Crippen LogP contribution in [-0.2, 0) is 0 Å². The normalized spacial score (nSPS) is 12.1. The maximum absolute atomic E-state index is 3.51. The van der Waals surface area contributed by atoms with E-state index in [4.69, 9.17) is 0 Å². The van der Waals surface area contributed by atoms with Crippen LogP contribution in [0, 0.1) is 0 Å². The summed E-state index contributed by atoms with van der Waals surface area (Å²) in [5.41, 5.74) is 2.63. The van der Waals surface area contributed by atoms with Crippen molar-refractivity contribution in [2.24, 2.45) is 0 Å². The third kappa shape index (κ3) is 4.03. The minimum Gasteiger partial charge on any atom is -0.113 e. The van der Waals surface area contributed by atoms with Crippen molar-refractivity contribution in [3.63, 3.8) is 0 Å². The maximum Gasteiger partial charge on any atom is 0.0593 e. The molecule has 3 rings (SSSR count). The summed E-state index contributed by atoms with van der Waals surface area (Å²) in [7, 11) is 0. The molecule has 3 heteroatoms. The summed E-state index contributed by atoms with van der Waals surface area (Å²) in [5, 5.41) is 0.287. The Morgan fingerprint density at radius 2 is 1.09 bits per heavy atom. The maximum atomic E-state index is 3.51. The standard InChI is InChI=1S/C19H14Br2S/c20-16-8-6-15(7-9-16)19(14-4-2-1-3-5-14)22-18-12-10-17(21)11-13-18/h1-13,19H/t19-/m1/s1. The van der Waals surface area contributed by atoms with Gasteiger partial charge in [-0.05, 0) is 47.5 Å². The number of benzene rings is 3. The predicted molar refractivity (Wildman–Crippen MR) is 102 cm³/mol. The van der Waals surface area contributed by atoms with E-state index < -0.39 is 0 Å². The van der Waals surface area contributed by atoms with E-state index in [1.807, 2.05) is 11.8 Å². The second kappa shape index (κ2) is 7.49. The van der Waals surface area contributed by atoms with Gasteiger partial charge in [0.15, 0.2) is 0 Å². The van der Waals surface area contributed by atoms with Gasteiger partial charge in [0, 0.05) is 13.8 Å². The van der Waals surface area contributed by atoms with E-state index >= 15 is 0 Å². The van der Waals surface area contributed by atoms with Crippen LogP contribution in [0.25, 0.3) is 0 Å². The molecule has 0 aliphatic rings. The fourth-order valence-electron chi connectivity index (χ4n) is 2.24. The van der Waals surface area contributed by atoms with Crippen LogP contribution < -0.4 is 0 Å². The summed E-state index contributed by atoms with van der Waals surface area (Å²) in [4.78, 5) is 1.26. The number of halogens is 2. The molecule has 0 aromatic heterocycles. The van der Waals surface area contributed by atoms with E-state index in [1.165, 1.54) is 16.0 Å². The highest BCUT2D eigenvalue weighted by Gasteiger charge is 2.15. The van der Waals surface area contributed by atoms with Gasteiger partial charge in [0.1, 0.15) is 0 Å². The molecule has 3 aromatic rings. The van der Waals surface area contributed by atoms with Gasteiger partial charge in [0.2, 0.25) is 0 Å². The topological polar surface area (TPSA) is 0 Å². The van der Waals surface area contributed by atoms with E-state index in [2.05, 4.69) is 111 Å². The van der Waals surface area contributed by atoms with Crippen molar-refractivity contribution in [1.82, 2.24) is 0 Å². The Morgan fingerprint density at radius 1 is 0.591 bits per heavy atom. The van der Waals surface area contributed by atoms with Gasteiger partial charge in [0.05, 0.1) is 5.25 Å².